The summed E-state index contributed by atoms with van der Waals surface area (Å²) in [6.07, 6.45) is 1.00. The Hall–Kier alpha value is -0.460. The molecule has 0 radical (unpaired) electrons. The van der Waals surface area contributed by atoms with Crippen LogP contribution in [0.4, 0.5) is 4.79 Å². The molecule has 19 heavy (non-hydrogen) atoms. The molecule has 1 spiro atoms. The third-order valence-electron chi connectivity index (χ3n) is 3.39. The lowest BCUT2D eigenvalue weighted by molar-refractivity contribution is -0.0285. The Bertz CT molecular complexity index is 348. The van der Waals surface area contributed by atoms with Crippen molar-refractivity contribution in [1.82, 2.24) is 13.5 Å². The van der Waals surface area contributed by atoms with Crippen molar-refractivity contribution in [2.75, 3.05) is 40.3 Å². The lowest BCUT2D eigenvalue weighted by Gasteiger charge is -2.47. The molecule has 1 amide bonds. The van der Waals surface area contributed by atoms with Gasteiger partial charge in [0.2, 0.25) is 0 Å². The van der Waals surface area contributed by atoms with E-state index in [4.69, 9.17) is 4.74 Å². The minimum Gasteiger partial charge on any atom is -0.444 e. The molecule has 2 aliphatic rings. The van der Waals surface area contributed by atoms with Crippen molar-refractivity contribution in [2.45, 2.75) is 32.8 Å². The topological polar surface area (TPSA) is 36.0 Å². The zero-order valence-corrected chi connectivity index (χ0v) is 13.4. The van der Waals surface area contributed by atoms with Gasteiger partial charge in [-0.2, -0.15) is 0 Å². The fourth-order valence-electron chi connectivity index (χ4n) is 2.67. The molecule has 0 bridgehead atoms. The molecule has 0 atom stereocenters. The molecule has 110 valence electrons. The van der Waals surface area contributed by atoms with E-state index < -0.39 is 5.60 Å². The van der Waals surface area contributed by atoms with Crippen LogP contribution >= 0.6 is 12.1 Å². The summed E-state index contributed by atoms with van der Waals surface area (Å²) in [5, 5.41) is 0. The molecule has 2 aliphatic heterocycles. The molecule has 5 nitrogen and oxygen atoms in total. The summed E-state index contributed by atoms with van der Waals surface area (Å²) in [6, 6.07) is 0. The third-order valence-corrected chi connectivity index (χ3v) is 4.26. The van der Waals surface area contributed by atoms with Gasteiger partial charge in [-0.3, -0.25) is 0 Å². The standard InChI is InChI=1S/C13H25N3O2S/c1-12(2,3)18-11(17)15-8-13(9-15)6-7-16(10-13)19-14(4)5/h6-10H2,1-5H3. The van der Waals surface area contributed by atoms with Gasteiger partial charge in [-0.25, -0.2) is 13.4 Å². The Morgan fingerprint density at radius 2 is 1.89 bits per heavy atom. The van der Waals surface area contributed by atoms with E-state index in [1.165, 1.54) is 6.42 Å². The Morgan fingerprint density at radius 3 is 2.42 bits per heavy atom. The largest absolute Gasteiger partial charge is 0.444 e. The Kier molecular flexibility index (Phi) is 4.05. The number of likely N-dealkylation sites (tertiary alicyclic amines) is 1. The number of hydrogen-bond donors (Lipinski definition) is 0. The second-order valence-electron chi connectivity index (χ2n) is 6.84. The van der Waals surface area contributed by atoms with Gasteiger partial charge >= 0.3 is 6.09 Å². The van der Waals surface area contributed by atoms with Crippen molar-refractivity contribution in [3.63, 3.8) is 0 Å². The van der Waals surface area contributed by atoms with E-state index in [1.807, 2.05) is 25.7 Å². The first-order valence-corrected chi connectivity index (χ1v) is 7.50. The predicted octanol–water partition coefficient (Wildman–Crippen LogP) is 2.05. The summed E-state index contributed by atoms with van der Waals surface area (Å²) in [5.41, 5.74) is -0.0950. The van der Waals surface area contributed by atoms with Gasteiger partial charge < -0.3 is 9.64 Å². The van der Waals surface area contributed by atoms with Crippen LogP contribution in [0, 0.1) is 5.41 Å². The van der Waals surface area contributed by atoms with E-state index in [-0.39, 0.29) is 6.09 Å². The van der Waals surface area contributed by atoms with E-state index >= 15 is 0 Å². The predicted molar refractivity (Wildman–Crippen MR) is 77.7 cm³/mol. The van der Waals surface area contributed by atoms with Gasteiger partial charge in [-0.05, 0) is 41.3 Å². The van der Waals surface area contributed by atoms with Gasteiger partial charge in [0.05, 0.1) is 0 Å². The molecule has 6 heteroatoms. The smallest absolute Gasteiger partial charge is 0.410 e. The van der Waals surface area contributed by atoms with Crippen LogP contribution in [-0.4, -0.2) is 65.5 Å². The molecule has 2 saturated heterocycles. The minimum absolute atomic E-state index is 0.170. The number of carbonyl (C=O) groups is 1. The van der Waals surface area contributed by atoms with Gasteiger partial charge in [0.1, 0.15) is 5.60 Å². The van der Waals surface area contributed by atoms with Crippen LogP contribution in [0.15, 0.2) is 0 Å². The van der Waals surface area contributed by atoms with Crippen LogP contribution in [0.3, 0.4) is 0 Å². The number of nitrogens with zero attached hydrogens (tertiary/aromatic N) is 3. The second-order valence-corrected chi connectivity index (χ2v) is 8.25. The van der Waals surface area contributed by atoms with Gasteiger partial charge in [0, 0.05) is 43.7 Å². The Balaban J connectivity index is 1.78. The van der Waals surface area contributed by atoms with Gasteiger partial charge in [0.25, 0.3) is 0 Å². The fourth-order valence-corrected chi connectivity index (χ4v) is 3.64. The average Bonchev–Trinajstić information content (AvgIpc) is 2.55. The molecule has 0 aromatic rings. The zero-order valence-electron chi connectivity index (χ0n) is 12.6. The monoisotopic (exact) mass is 287 g/mol. The van der Waals surface area contributed by atoms with Crippen LogP contribution in [0.1, 0.15) is 27.2 Å². The first-order valence-electron chi connectivity index (χ1n) is 6.77. The van der Waals surface area contributed by atoms with Crippen LogP contribution < -0.4 is 0 Å². The van der Waals surface area contributed by atoms with Gasteiger partial charge in [-0.1, -0.05) is 0 Å². The molecule has 0 aromatic carbocycles. The number of rotatable bonds is 2. The maximum absolute atomic E-state index is 11.9. The number of ether oxygens (including phenoxy) is 1. The van der Waals surface area contributed by atoms with Crippen molar-refractivity contribution >= 4 is 18.2 Å². The number of hydrogen-bond acceptors (Lipinski definition) is 5. The second kappa shape index (κ2) is 5.14. The Morgan fingerprint density at radius 1 is 1.26 bits per heavy atom. The molecular weight excluding hydrogens is 262 g/mol. The van der Waals surface area contributed by atoms with Gasteiger partial charge in [-0.15, -0.1) is 0 Å². The first-order chi connectivity index (χ1) is 8.69. The quantitative estimate of drug-likeness (QED) is 0.727. The third kappa shape index (κ3) is 3.77. The molecule has 0 N–H and O–H groups in total. The highest BCUT2D eigenvalue weighted by Crippen LogP contribution is 2.42. The van der Waals surface area contributed by atoms with Crippen molar-refractivity contribution in [2.24, 2.45) is 5.41 Å². The van der Waals surface area contributed by atoms with E-state index in [9.17, 15) is 4.79 Å². The zero-order chi connectivity index (χ0) is 14.3. The lowest BCUT2D eigenvalue weighted by Crippen LogP contribution is -2.60. The van der Waals surface area contributed by atoms with Crippen molar-refractivity contribution in [3.05, 3.63) is 0 Å². The highest BCUT2D eigenvalue weighted by molar-refractivity contribution is 7.94. The Labute approximate surface area is 120 Å². The average molecular weight is 287 g/mol. The van der Waals surface area contributed by atoms with E-state index in [2.05, 4.69) is 22.7 Å². The van der Waals surface area contributed by atoms with Crippen LogP contribution in [0.25, 0.3) is 0 Å². The summed E-state index contributed by atoms with van der Waals surface area (Å²) in [6.45, 7) is 9.57. The van der Waals surface area contributed by atoms with Crippen molar-refractivity contribution in [3.8, 4) is 0 Å². The molecule has 2 heterocycles. The molecule has 0 unspecified atom stereocenters. The molecule has 2 rings (SSSR count). The van der Waals surface area contributed by atoms with E-state index in [0.29, 0.717) is 5.41 Å². The summed E-state index contributed by atoms with van der Waals surface area (Å²) in [4.78, 5) is 13.7. The van der Waals surface area contributed by atoms with Crippen molar-refractivity contribution in [1.29, 1.82) is 0 Å². The van der Waals surface area contributed by atoms with Gasteiger partial charge in [0.15, 0.2) is 0 Å². The number of carbonyl (C=O) groups excluding carboxylic acids is 1. The summed E-state index contributed by atoms with van der Waals surface area (Å²) in [7, 11) is 4.12. The minimum atomic E-state index is -0.400. The van der Waals surface area contributed by atoms with Crippen LogP contribution in [0.2, 0.25) is 0 Å². The van der Waals surface area contributed by atoms with E-state index in [1.54, 1.807) is 12.1 Å². The molecule has 2 fully saturated rings. The normalized spacial score (nSPS) is 22.9. The molecule has 0 aliphatic carbocycles. The fraction of sp³-hybridized carbons (Fsp3) is 0.923. The summed E-state index contributed by atoms with van der Waals surface area (Å²) < 4.78 is 9.89. The molecule has 0 aromatic heterocycles. The lowest BCUT2D eigenvalue weighted by atomic mass is 9.79. The first kappa shape index (κ1) is 14.9. The van der Waals surface area contributed by atoms with Crippen LogP contribution in [0.5, 0.6) is 0 Å². The number of amides is 1. The highest BCUT2D eigenvalue weighted by Gasteiger charge is 2.50. The summed E-state index contributed by atoms with van der Waals surface area (Å²) >= 11 is 1.77. The SMILES string of the molecule is CN(C)SN1CCC2(C1)CN(C(=O)OC(C)(C)C)C2. The van der Waals surface area contributed by atoms with E-state index in [0.717, 1.165) is 26.2 Å². The summed E-state index contributed by atoms with van der Waals surface area (Å²) in [5.74, 6) is 0. The van der Waals surface area contributed by atoms with Crippen LogP contribution in [-0.2, 0) is 4.74 Å². The maximum atomic E-state index is 11.9. The maximum Gasteiger partial charge on any atom is 0.410 e. The molecular formula is C13H25N3O2S. The molecule has 0 saturated carbocycles. The highest BCUT2D eigenvalue weighted by atomic mass is 32.2. The van der Waals surface area contributed by atoms with Crippen molar-refractivity contribution < 1.29 is 9.53 Å².